The van der Waals surface area contributed by atoms with Crippen molar-refractivity contribution in [2.45, 2.75) is 64.5 Å². The van der Waals surface area contributed by atoms with Crippen molar-refractivity contribution in [2.75, 3.05) is 13.1 Å². The van der Waals surface area contributed by atoms with E-state index in [0.717, 1.165) is 19.3 Å². The zero-order valence-corrected chi connectivity index (χ0v) is 12.8. The molecule has 0 radical (unpaired) electrons. The number of halogens is 2. The molecule has 0 spiro atoms. The number of ether oxygens (including phenoxy) is 1. The molecule has 0 aromatic heterocycles. The average molecular weight is 292 g/mol. The monoisotopic (exact) mass is 292 g/mol. The van der Waals surface area contributed by atoms with Gasteiger partial charge in [-0.1, -0.05) is 6.92 Å². The predicted octanol–water partition coefficient (Wildman–Crippen LogP) is 2.92. The SMILES string of the molecule is CC1CCC(NCC(F)(F)CNC(=O)OC(C)(C)C)C1. The van der Waals surface area contributed by atoms with Gasteiger partial charge in [-0.15, -0.1) is 0 Å². The number of amides is 1. The molecule has 6 heteroatoms. The summed E-state index contributed by atoms with van der Waals surface area (Å²) in [5.74, 6) is -2.37. The van der Waals surface area contributed by atoms with E-state index in [2.05, 4.69) is 17.6 Å². The van der Waals surface area contributed by atoms with E-state index in [4.69, 9.17) is 4.74 Å². The van der Waals surface area contributed by atoms with Crippen LogP contribution >= 0.6 is 0 Å². The van der Waals surface area contributed by atoms with Crippen molar-refractivity contribution in [3.8, 4) is 0 Å². The molecule has 4 nitrogen and oxygen atoms in total. The summed E-state index contributed by atoms with van der Waals surface area (Å²) in [4.78, 5) is 11.3. The first kappa shape index (κ1) is 17.1. The number of hydrogen-bond acceptors (Lipinski definition) is 3. The van der Waals surface area contributed by atoms with Gasteiger partial charge in [0.05, 0.1) is 13.1 Å². The summed E-state index contributed by atoms with van der Waals surface area (Å²) in [5.41, 5.74) is -0.683. The van der Waals surface area contributed by atoms with Crippen molar-refractivity contribution in [3.63, 3.8) is 0 Å². The molecular formula is C14H26F2N2O2. The summed E-state index contributed by atoms with van der Waals surface area (Å²) in [6.07, 6.45) is 2.15. The quantitative estimate of drug-likeness (QED) is 0.819. The highest BCUT2D eigenvalue weighted by Crippen LogP contribution is 2.25. The maximum absolute atomic E-state index is 13.6. The van der Waals surface area contributed by atoms with Crippen LogP contribution in [0.2, 0.25) is 0 Å². The van der Waals surface area contributed by atoms with E-state index in [0.29, 0.717) is 5.92 Å². The second-order valence-corrected chi connectivity index (χ2v) is 6.71. The Labute approximate surface area is 119 Å². The fourth-order valence-corrected chi connectivity index (χ4v) is 2.26. The van der Waals surface area contributed by atoms with Gasteiger partial charge in [-0.05, 0) is 46.0 Å². The fourth-order valence-electron chi connectivity index (χ4n) is 2.26. The number of rotatable bonds is 5. The first-order chi connectivity index (χ1) is 9.07. The highest BCUT2D eigenvalue weighted by Gasteiger charge is 2.32. The third-order valence-electron chi connectivity index (χ3n) is 3.23. The zero-order valence-electron chi connectivity index (χ0n) is 12.8. The van der Waals surface area contributed by atoms with Crippen LogP contribution in [0.3, 0.4) is 0 Å². The molecule has 2 atom stereocenters. The Balaban J connectivity index is 2.25. The molecule has 1 amide bonds. The van der Waals surface area contributed by atoms with Gasteiger partial charge in [-0.3, -0.25) is 0 Å². The smallest absolute Gasteiger partial charge is 0.407 e. The van der Waals surface area contributed by atoms with Crippen molar-refractivity contribution in [1.82, 2.24) is 10.6 Å². The second kappa shape index (κ2) is 6.70. The minimum Gasteiger partial charge on any atom is -0.444 e. The van der Waals surface area contributed by atoms with Crippen molar-refractivity contribution in [3.05, 3.63) is 0 Å². The summed E-state index contributed by atoms with van der Waals surface area (Å²) in [6.45, 7) is 6.07. The van der Waals surface area contributed by atoms with Gasteiger partial charge >= 0.3 is 6.09 Å². The number of nitrogens with one attached hydrogen (secondary N) is 2. The molecule has 1 rings (SSSR count). The Hall–Kier alpha value is -0.910. The summed E-state index contributed by atoms with van der Waals surface area (Å²) in [5, 5.41) is 4.99. The van der Waals surface area contributed by atoms with Crippen molar-refractivity contribution < 1.29 is 18.3 Å². The van der Waals surface area contributed by atoms with Gasteiger partial charge in [-0.2, -0.15) is 0 Å². The molecule has 0 saturated heterocycles. The molecule has 2 N–H and O–H groups in total. The third kappa shape index (κ3) is 7.03. The Morgan fingerprint density at radius 3 is 2.40 bits per heavy atom. The minimum absolute atomic E-state index is 0.164. The molecule has 0 aromatic carbocycles. The molecule has 1 fully saturated rings. The maximum Gasteiger partial charge on any atom is 0.407 e. The topological polar surface area (TPSA) is 50.4 Å². The lowest BCUT2D eigenvalue weighted by molar-refractivity contribution is -0.00549. The summed E-state index contributed by atoms with van der Waals surface area (Å²) < 4.78 is 32.2. The molecule has 1 aliphatic rings. The number of carbonyl (C=O) groups excluding carboxylic acids is 1. The third-order valence-corrected chi connectivity index (χ3v) is 3.23. The lowest BCUT2D eigenvalue weighted by Gasteiger charge is -2.23. The van der Waals surface area contributed by atoms with Crippen molar-refractivity contribution in [1.29, 1.82) is 0 Å². The number of alkyl halides is 2. The van der Waals surface area contributed by atoms with E-state index in [-0.39, 0.29) is 6.04 Å². The first-order valence-electron chi connectivity index (χ1n) is 7.15. The molecule has 1 aliphatic carbocycles. The summed E-state index contributed by atoms with van der Waals surface area (Å²) in [7, 11) is 0. The lowest BCUT2D eigenvalue weighted by atomic mass is 10.1. The normalized spacial score (nSPS) is 23.7. The van der Waals surface area contributed by atoms with E-state index < -0.39 is 30.7 Å². The Morgan fingerprint density at radius 1 is 1.25 bits per heavy atom. The van der Waals surface area contributed by atoms with Crippen LogP contribution in [0.25, 0.3) is 0 Å². The van der Waals surface area contributed by atoms with Gasteiger partial charge in [0.25, 0.3) is 5.92 Å². The van der Waals surface area contributed by atoms with E-state index >= 15 is 0 Å². The molecule has 0 aliphatic heterocycles. The number of alkyl carbamates (subject to hydrolysis) is 1. The van der Waals surface area contributed by atoms with Crippen LogP contribution < -0.4 is 10.6 Å². The Morgan fingerprint density at radius 2 is 1.90 bits per heavy atom. The molecule has 118 valence electrons. The summed E-state index contributed by atoms with van der Waals surface area (Å²) in [6, 6.07) is 0.164. The predicted molar refractivity (Wildman–Crippen MR) is 74.0 cm³/mol. The maximum atomic E-state index is 13.6. The van der Waals surface area contributed by atoms with Crippen LogP contribution in [0.5, 0.6) is 0 Å². The number of hydrogen-bond donors (Lipinski definition) is 2. The van der Waals surface area contributed by atoms with E-state index in [1.54, 1.807) is 20.8 Å². The van der Waals surface area contributed by atoms with E-state index in [1.165, 1.54) is 0 Å². The summed E-state index contributed by atoms with van der Waals surface area (Å²) >= 11 is 0. The molecule has 2 unspecified atom stereocenters. The van der Waals surface area contributed by atoms with Crippen LogP contribution in [0.15, 0.2) is 0 Å². The number of carbonyl (C=O) groups is 1. The molecule has 1 saturated carbocycles. The molecule has 0 heterocycles. The molecule has 0 aromatic rings. The van der Waals surface area contributed by atoms with Crippen LogP contribution in [-0.2, 0) is 4.74 Å². The van der Waals surface area contributed by atoms with Crippen molar-refractivity contribution in [2.24, 2.45) is 5.92 Å². The second-order valence-electron chi connectivity index (χ2n) is 6.71. The highest BCUT2D eigenvalue weighted by molar-refractivity contribution is 5.67. The van der Waals surface area contributed by atoms with Crippen LogP contribution in [0, 0.1) is 5.92 Å². The van der Waals surface area contributed by atoms with Gasteiger partial charge < -0.3 is 15.4 Å². The van der Waals surface area contributed by atoms with E-state index in [1.807, 2.05) is 0 Å². The van der Waals surface area contributed by atoms with Gasteiger partial charge in [0, 0.05) is 6.04 Å². The Bertz CT molecular complexity index is 330. The Kier molecular flexibility index (Phi) is 5.74. The van der Waals surface area contributed by atoms with Gasteiger partial charge in [0.1, 0.15) is 5.60 Å². The standard InChI is InChI=1S/C14H26F2N2O2/c1-10-5-6-11(7-10)17-8-14(15,16)9-18-12(19)20-13(2,3)4/h10-11,17H,5-9H2,1-4H3,(H,18,19). The van der Waals surface area contributed by atoms with Gasteiger partial charge in [0.2, 0.25) is 0 Å². The first-order valence-corrected chi connectivity index (χ1v) is 7.15. The fraction of sp³-hybridized carbons (Fsp3) is 0.929. The van der Waals surface area contributed by atoms with Crippen molar-refractivity contribution >= 4 is 6.09 Å². The highest BCUT2D eigenvalue weighted by atomic mass is 19.3. The van der Waals surface area contributed by atoms with Gasteiger partial charge in [0.15, 0.2) is 0 Å². The van der Waals surface area contributed by atoms with Gasteiger partial charge in [-0.25, -0.2) is 13.6 Å². The molecule has 0 bridgehead atoms. The molecule has 20 heavy (non-hydrogen) atoms. The molecular weight excluding hydrogens is 266 g/mol. The van der Waals surface area contributed by atoms with Crippen LogP contribution in [0.1, 0.15) is 47.0 Å². The van der Waals surface area contributed by atoms with Crippen LogP contribution in [0.4, 0.5) is 13.6 Å². The zero-order chi connectivity index (χ0) is 15.4. The largest absolute Gasteiger partial charge is 0.444 e. The minimum atomic E-state index is -2.97. The van der Waals surface area contributed by atoms with Crippen LogP contribution in [-0.4, -0.2) is 36.7 Å². The lowest BCUT2D eigenvalue weighted by Crippen LogP contribution is -2.46. The van der Waals surface area contributed by atoms with E-state index in [9.17, 15) is 13.6 Å². The average Bonchev–Trinajstić information content (AvgIpc) is 2.68.